The van der Waals surface area contributed by atoms with Gasteiger partial charge in [-0.1, -0.05) is 23.8 Å². The highest BCUT2D eigenvalue weighted by atomic mass is 16.5. The molecule has 0 spiro atoms. The second-order valence-electron chi connectivity index (χ2n) is 6.35. The molecule has 6 heteroatoms. The predicted molar refractivity (Wildman–Crippen MR) is 103 cm³/mol. The molecule has 0 bridgehead atoms. The van der Waals surface area contributed by atoms with Gasteiger partial charge in [0.1, 0.15) is 12.4 Å². The number of hydrogen-bond acceptors (Lipinski definition) is 5. The third-order valence-corrected chi connectivity index (χ3v) is 3.73. The lowest BCUT2D eigenvalue weighted by molar-refractivity contribution is -0.140. The number of carbonyl (C=O) groups excluding carboxylic acids is 1. The Morgan fingerprint density at radius 3 is 2.00 bits per heavy atom. The van der Waals surface area contributed by atoms with Crippen LogP contribution in [0.15, 0.2) is 47.6 Å². The fraction of sp³-hybridized carbons (Fsp3) is 0.333. The summed E-state index contributed by atoms with van der Waals surface area (Å²) in [5.41, 5.74) is 3.88. The van der Waals surface area contributed by atoms with Crippen LogP contribution in [0.2, 0.25) is 0 Å². The Morgan fingerprint density at radius 1 is 0.963 bits per heavy atom. The first-order chi connectivity index (χ1) is 12.7. The molecule has 0 saturated carbocycles. The first-order valence-electron chi connectivity index (χ1n) is 8.53. The molecule has 0 aliphatic rings. The molecule has 0 aromatic heterocycles. The Labute approximate surface area is 159 Å². The van der Waals surface area contributed by atoms with Gasteiger partial charge < -0.3 is 20.1 Å². The number of aliphatic hydroxyl groups excluding tert-OH is 2. The number of carboxylic acids is 1. The van der Waals surface area contributed by atoms with E-state index < -0.39 is 5.97 Å². The SMILES string of the molecule is CC(=O)OC/C(C)=C\Cc1cc(C/C=C(/C)CO)cc(/C(O)=C/C(=O)O)c1. The van der Waals surface area contributed by atoms with Crippen LogP contribution < -0.4 is 0 Å². The Hall–Kier alpha value is -2.86. The Balaban J connectivity index is 3.12. The van der Waals surface area contributed by atoms with Gasteiger partial charge in [0.15, 0.2) is 0 Å². The minimum atomic E-state index is -1.23. The highest BCUT2D eigenvalue weighted by Crippen LogP contribution is 2.19. The van der Waals surface area contributed by atoms with Gasteiger partial charge in [-0.05, 0) is 55.5 Å². The second kappa shape index (κ2) is 11.0. The standard InChI is InChI=1S/C21H26O6/c1-14(12-22)4-6-17-8-18(7-5-15(2)13-27-16(3)23)10-19(9-17)20(24)11-21(25)26/h4-5,8-11,22,24H,6-7,12-13H2,1-3H3,(H,25,26)/b14-4-,15-5-,20-11-. The zero-order valence-corrected chi connectivity index (χ0v) is 15.9. The number of benzene rings is 1. The van der Waals surface area contributed by atoms with Crippen molar-refractivity contribution in [2.24, 2.45) is 0 Å². The summed E-state index contributed by atoms with van der Waals surface area (Å²) in [6.45, 7) is 5.19. The number of carbonyl (C=O) groups is 2. The van der Waals surface area contributed by atoms with Crippen LogP contribution in [0.3, 0.4) is 0 Å². The number of hydrogen-bond donors (Lipinski definition) is 3. The van der Waals surface area contributed by atoms with Crippen molar-refractivity contribution in [3.8, 4) is 0 Å². The van der Waals surface area contributed by atoms with E-state index in [2.05, 4.69) is 0 Å². The van der Waals surface area contributed by atoms with E-state index in [1.807, 2.05) is 32.1 Å². The number of ether oxygens (including phenoxy) is 1. The molecule has 146 valence electrons. The van der Waals surface area contributed by atoms with Crippen molar-refractivity contribution < 1.29 is 29.6 Å². The van der Waals surface area contributed by atoms with Crippen molar-refractivity contribution in [1.82, 2.24) is 0 Å². The largest absolute Gasteiger partial charge is 0.507 e. The van der Waals surface area contributed by atoms with Crippen LogP contribution in [0.4, 0.5) is 0 Å². The smallest absolute Gasteiger partial charge is 0.332 e. The molecule has 0 radical (unpaired) electrons. The van der Waals surface area contributed by atoms with E-state index in [-0.39, 0.29) is 24.9 Å². The fourth-order valence-electron chi connectivity index (χ4n) is 2.27. The zero-order chi connectivity index (χ0) is 20.4. The number of rotatable bonds is 9. The maximum atomic E-state index is 10.9. The summed E-state index contributed by atoms with van der Waals surface area (Å²) in [6.07, 6.45) is 5.63. The van der Waals surface area contributed by atoms with Crippen LogP contribution >= 0.6 is 0 Å². The summed E-state index contributed by atoms with van der Waals surface area (Å²) in [6, 6.07) is 5.39. The van der Waals surface area contributed by atoms with Gasteiger partial charge >= 0.3 is 11.9 Å². The zero-order valence-electron chi connectivity index (χ0n) is 15.9. The van der Waals surface area contributed by atoms with Crippen LogP contribution in [0.1, 0.15) is 37.5 Å². The van der Waals surface area contributed by atoms with Crippen molar-refractivity contribution in [2.75, 3.05) is 13.2 Å². The highest BCUT2D eigenvalue weighted by molar-refractivity contribution is 5.87. The molecule has 0 aliphatic heterocycles. The monoisotopic (exact) mass is 374 g/mol. The molecule has 27 heavy (non-hydrogen) atoms. The normalized spacial score (nSPS) is 12.8. The van der Waals surface area contributed by atoms with Gasteiger partial charge in [-0.3, -0.25) is 4.79 Å². The lowest BCUT2D eigenvalue weighted by Crippen LogP contribution is -2.02. The van der Waals surface area contributed by atoms with Gasteiger partial charge in [-0.2, -0.15) is 0 Å². The number of esters is 1. The average Bonchev–Trinajstić information content (AvgIpc) is 2.61. The van der Waals surface area contributed by atoms with Crippen LogP contribution in [0, 0.1) is 0 Å². The second-order valence-corrected chi connectivity index (χ2v) is 6.35. The molecule has 6 nitrogen and oxygen atoms in total. The van der Waals surface area contributed by atoms with Crippen molar-refractivity contribution in [2.45, 2.75) is 33.6 Å². The van der Waals surface area contributed by atoms with Crippen molar-refractivity contribution in [3.63, 3.8) is 0 Å². The van der Waals surface area contributed by atoms with E-state index in [4.69, 9.17) is 14.9 Å². The Bertz CT molecular complexity index is 771. The molecule has 0 heterocycles. The van der Waals surface area contributed by atoms with Crippen molar-refractivity contribution in [1.29, 1.82) is 0 Å². The first kappa shape index (κ1) is 22.2. The minimum Gasteiger partial charge on any atom is -0.507 e. The molecule has 0 amide bonds. The van der Waals surface area contributed by atoms with Crippen molar-refractivity contribution in [3.05, 3.63) is 64.3 Å². The molecule has 3 N–H and O–H groups in total. The van der Waals surface area contributed by atoms with Crippen LogP contribution in [-0.4, -0.2) is 40.5 Å². The third-order valence-electron chi connectivity index (χ3n) is 3.73. The van der Waals surface area contributed by atoms with Gasteiger partial charge in [0.25, 0.3) is 0 Å². The summed E-state index contributed by atoms with van der Waals surface area (Å²) in [5.74, 6) is -1.90. The molecule has 0 atom stereocenters. The maximum Gasteiger partial charge on any atom is 0.332 e. The minimum absolute atomic E-state index is 0.0329. The fourth-order valence-corrected chi connectivity index (χ4v) is 2.27. The number of carboxylic acid groups (broad SMARTS) is 1. The van der Waals surface area contributed by atoms with Crippen LogP contribution in [0.5, 0.6) is 0 Å². The predicted octanol–water partition coefficient (Wildman–Crippen LogP) is 3.20. The third kappa shape index (κ3) is 8.87. The summed E-state index contributed by atoms with van der Waals surface area (Å²) >= 11 is 0. The van der Waals surface area contributed by atoms with Crippen LogP contribution in [0.25, 0.3) is 5.76 Å². The summed E-state index contributed by atoms with van der Waals surface area (Å²) in [7, 11) is 0. The van der Waals surface area contributed by atoms with Gasteiger partial charge in [0.2, 0.25) is 0 Å². The topological polar surface area (TPSA) is 104 Å². The summed E-state index contributed by atoms with van der Waals surface area (Å²) in [5, 5.41) is 28.0. The highest BCUT2D eigenvalue weighted by Gasteiger charge is 2.07. The number of allylic oxidation sites excluding steroid dienone is 2. The molecule has 0 saturated heterocycles. The van der Waals surface area contributed by atoms with Gasteiger partial charge in [0, 0.05) is 12.5 Å². The van der Waals surface area contributed by atoms with E-state index in [0.29, 0.717) is 18.4 Å². The number of aliphatic hydroxyl groups is 2. The van der Waals surface area contributed by atoms with E-state index >= 15 is 0 Å². The van der Waals surface area contributed by atoms with Crippen LogP contribution in [-0.2, 0) is 27.2 Å². The Kier molecular flexibility index (Phi) is 9.02. The molecular weight excluding hydrogens is 348 g/mol. The molecule has 1 aromatic carbocycles. The summed E-state index contributed by atoms with van der Waals surface area (Å²) < 4.78 is 4.95. The molecule has 1 aromatic rings. The molecule has 0 unspecified atom stereocenters. The van der Waals surface area contributed by atoms with Gasteiger partial charge in [-0.25, -0.2) is 4.79 Å². The average molecular weight is 374 g/mol. The summed E-state index contributed by atoms with van der Waals surface area (Å²) in [4.78, 5) is 21.7. The van der Waals surface area contributed by atoms with Gasteiger partial charge in [-0.15, -0.1) is 0 Å². The van der Waals surface area contributed by atoms with Gasteiger partial charge in [0.05, 0.1) is 12.7 Å². The quantitative estimate of drug-likeness (QED) is 0.265. The molecule has 0 fully saturated rings. The first-order valence-corrected chi connectivity index (χ1v) is 8.53. The van der Waals surface area contributed by atoms with E-state index in [9.17, 15) is 14.7 Å². The van der Waals surface area contributed by atoms with E-state index in [1.54, 1.807) is 12.1 Å². The van der Waals surface area contributed by atoms with Crippen molar-refractivity contribution >= 4 is 17.7 Å². The lowest BCUT2D eigenvalue weighted by Gasteiger charge is -2.09. The molecule has 1 rings (SSSR count). The molecule has 0 aliphatic carbocycles. The molecular formula is C21H26O6. The lowest BCUT2D eigenvalue weighted by atomic mass is 9.99. The van der Waals surface area contributed by atoms with E-state index in [1.165, 1.54) is 6.92 Å². The Morgan fingerprint density at radius 2 is 1.52 bits per heavy atom. The number of aliphatic carboxylic acids is 1. The van der Waals surface area contributed by atoms with E-state index in [0.717, 1.165) is 28.3 Å². The maximum absolute atomic E-state index is 10.9.